The predicted molar refractivity (Wildman–Crippen MR) is 84.8 cm³/mol. The van der Waals surface area contributed by atoms with Crippen LogP contribution >= 0.6 is 11.8 Å². The fraction of sp³-hybridized carbons (Fsp3) is 0.235. The average Bonchev–Trinajstić information content (AvgIpc) is 2.94. The minimum Gasteiger partial charge on any atom is -0.318 e. The van der Waals surface area contributed by atoms with Crippen molar-refractivity contribution in [2.45, 2.75) is 24.0 Å². The number of rotatable bonds is 3. The number of thioether (sulfide) groups is 1. The van der Waals surface area contributed by atoms with Gasteiger partial charge in [-0.2, -0.15) is 0 Å². The molecule has 0 N–H and O–H groups in total. The van der Waals surface area contributed by atoms with Crippen molar-refractivity contribution in [3.63, 3.8) is 0 Å². The van der Waals surface area contributed by atoms with Crippen LogP contribution in [0.25, 0.3) is 11.0 Å². The summed E-state index contributed by atoms with van der Waals surface area (Å²) in [6.07, 6.45) is 4.37. The lowest BCUT2D eigenvalue weighted by Crippen LogP contribution is -2.12. The van der Waals surface area contributed by atoms with Crippen molar-refractivity contribution in [3.05, 3.63) is 66.0 Å². The number of hydrogen-bond acceptors (Lipinski definition) is 2. The van der Waals surface area contributed by atoms with E-state index in [2.05, 4.69) is 58.1 Å². The molecule has 4 rings (SSSR count). The number of imidazole rings is 1. The molecule has 0 saturated carbocycles. The summed E-state index contributed by atoms with van der Waals surface area (Å²) in [5, 5.41) is 0.509. The Labute approximate surface area is 122 Å². The number of benzene rings is 2. The van der Waals surface area contributed by atoms with Gasteiger partial charge in [0, 0.05) is 5.75 Å². The van der Waals surface area contributed by atoms with Gasteiger partial charge in [-0.25, -0.2) is 4.98 Å². The highest BCUT2D eigenvalue weighted by Crippen LogP contribution is 2.38. The lowest BCUT2D eigenvalue weighted by atomic mass is 10.0. The average molecular weight is 280 g/mol. The van der Waals surface area contributed by atoms with Crippen molar-refractivity contribution < 1.29 is 0 Å². The highest BCUT2D eigenvalue weighted by Gasteiger charge is 2.21. The van der Waals surface area contributed by atoms with E-state index in [4.69, 9.17) is 0 Å². The Morgan fingerprint density at radius 1 is 1.10 bits per heavy atom. The van der Waals surface area contributed by atoms with Gasteiger partial charge in [0.1, 0.15) is 0 Å². The van der Waals surface area contributed by atoms with Crippen molar-refractivity contribution in [2.75, 3.05) is 0 Å². The minimum atomic E-state index is 0.509. The first-order chi connectivity index (χ1) is 9.92. The van der Waals surface area contributed by atoms with Crippen LogP contribution in [0.1, 0.15) is 22.9 Å². The molecule has 20 heavy (non-hydrogen) atoms. The molecule has 2 aromatic carbocycles. The van der Waals surface area contributed by atoms with Crippen LogP contribution < -0.4 is 0 Å². The third-order valence-corrected chi connectivity index (χ3v) is 5.28. The molecule has 1 aromatic heterocycles. The summed E-state index contributed by atoms with van der Waals surface area (Å²) in [6, 6.07) is 17.2. The molecule has 0 radical (unpaired) electrons. The maximum atomic E-state index is 4.55. The predicted octanol–water partition coefficient (Wildman–Crippen LogP) is 4.41. The molecule has 1 atom stereocenters. The van der Waals surface area contributed by atoms with Gasteiger partial charge in [-0.3, -0.25) is 0 Å². The van der Waals surface area contributed by atoms with Crippen molar-refractivity contribution in [2.24, 2.45) is 0 Å². The number of nitrogens with zero attached hydrogens (tertiary/aromatic N) is 2. The number of aromatic nitrogens is 2. The van der Waals surface area contributed by atoms with Crippen LogP contribution in [0.5, 0.6) is 0 Å². The summed E-state index contributed by atoms with van der Waals surface area (Å²) in [7, 11) is 0. The van der Waals surface area contributed by atoms with Gasteiger partial charge in [0.15, 0.2) is 0 Å². The highest BCUT2D eigenvalue weighted by molar-refractivity contribution is 7.98. The maximum absolute atomic E-state index is 4.55. The largest absolute Gasteiger partial charge is 0.318 e. The molecule has 1 aliphatic rings. The standard InChI is InChI=1S/C17H16N2S/c1-2-5-13(6-3-1)11-20-16-10-9-14-7-4-8-15-17(14)19(16)12-18-15/h1-8,12,16H,9-11H2. The minimum absolute atomic E-state index is 0.509. The van der Waals surface area contributed by atoms with E-state index in [0.29, 0.717) is 5.37 Å². The van der Waals surface area contributed by atoms with Crippen molar-refractivity contribution in [3.8, 4) is 0 Å². The van der Waals surface area contributed by atoms with Gasteiger partial charge < -0.3 is 4.57 Å². The molecule has 0 amide bonds. The first kappa shape index (κ1) is 12.0. The van der Waals surface area contributed by atoms with Crippen LogP contribution in [0.15, 0.2) is 54.9 Å². The van der Waals surface area contributed by atoms with Gasteiger partial charge in [-0.1, -0.05) is 42.5 Å². The van der Waals surface area contributed by atoms with E-state index >= 15 is 0 Å². The smallest absolute Gasteiger partial charge is 0.0968 e. The second-order valence-corrected chi connectivity index (χ2v) is 6.39. The van der Waals surface area contributed by atoms with Crippen LogP contribution in [0.3, 0.4) is 0 Å². The van der Waals surface area contributed by atoms with Crippen molar-refractivity contribution >= 4 is 22.8 Å². The van der Waals surface area contributed by atoms with E-state index < -0.39 is 0 Å². The van der Waals surface area contributed by atoms with Crippen molar-refractivity contribution in [1.29, 1.82) is 0 Å². The van der Waals surface area contributed by atoms with Gasteiger partial charge >= 0.3 is 0 Å². The summed E-state index contributed by atoms with van der Waals surface area (Å²) in [6.45, 7) is 0. The number of para-hydroxylation sites is 1. The summed E-state index contributed by atoms with van der Waals surface area (Å²) in [4.78, 5) is 4.55. The zero-order chi connectivity index (χ0) is 13.4. The molecule has 0 aliphatic carbocycles. The van der Waals surface area contributed by atoms with Crippen LogP contribution in [-0.2, 0) is 12.2 Å². The van der Waals surface area contributed by atoms with Gasteiger partial charge in [0.05, 0.1) is 22.7 Å². The molecule has 2 nitrogen and oxygen atoms in total. The number of hydrogen-bond donors (Lipinski definition) is 0. The van der Waals surface area contributed by atoms with Crippen LogP contribution in [0.2, 0.25) is 0 Å². The lowest BCUT2D eigenvalue weighted by molar-refractivity contribution is 0.613. The van der Waals surface area contributed by atoms with E-state index in [9.17, 15) is 0 Å². The number of aryl methyl sites for hydroxylation is 1. The molecule has 1 aliphatic heterocycles. The molecule has 3 heteroatoms. The zero-order valence-electron chi connectivity index (χ0n) is 11.2. The maximum Gasteiger partial charge on any atom is 0.0968 e. The molecular formula is C17H16N2S. The topological polar surface area (TPSA) is 17.8 Å². The van der Waals surface area contributed by atoms with Gasteiger partial charge in [0.2, 0.25) is 0 Å². The quantitative estimate of drug-likeness (QED) is 0.707. The molecular weight excluding hydrogens is 264 g/mol. The Bertz CT molecular complexity index is 733. The molecule has 0 spiro atoms. The second-order valence-electron chi connectivity index (χ2n) is 5.23. The SMILES string of the molecule is c1ccc(CSC2CCc3cccc4ncn2c34)cc1. The molecule has 0 bridgehead atoms. The molecule has 0 fully saturated rings. The molecule has 100 valence electrons. The van der Waals surface area contributed by atoms with E-state index in [1.807, 2.05) is 18.1 Å². The van der Waals surface area contributed by atoms with E-state index in [1.165, 1.54) is 23.1 Å². The first-order valence-electron chi connectivity index (χ1n) is 7.02. The fourth-order valence-corrected chi connectivity index (χ4v) is 4.11. The van der Waals surface area contributed by atoms with E-state index in [0.717, 1.165) is 17.7 Å². The Morgan fingerprint density at radius 3 is 2.90 bits per heavy atom. The van der Waals surface area contributed by atoms with E-state index in [-0.39, 0.29) is 0 Å². The Morgan fingerprint density at radius 2 is 2.00 bits per heavy atom. The first-order valence-corrected chi connectivity index (χ1v) is 8.06. The Balaban J connectivity index is 1.61. The lowest BCUT2D eigenvalue weighted by Gasteiger charge is -2.24. The molecule has 0 saturated heterocycles. The van der Waals surface area contributed by atoms with E-state index in [1.54, 1.807) is 0 Å². The normalized spacial score (nSPS) is 17.5. The van der Waals surface area contributed by atoms with Gasteiger partial charge in [-0.05, 0) is 30.0 Å². The second kappa shape index (κ2) is 4.98. The van der Waals surface area contributed by atoms with Crippen LogP contribution in [0, 0.1) is 0 Å². The Kier molecular flexibility index (Phi) is 3.00. The summed E-state index contributed by atoms with van der Waals surface area (Å²) < 4.78 is 2.36. The zero-order valence-corrected chi connectivity index (χ0v) is 12.0. The fourth-order valence-electron chi connectivity index (χ4n) is 2.93. The van der Waals surface area contributed by atoms with Crippen molar-refractivity contribution in [1.82, 2.24) is 9.55 Å². The molecule has 1 unspecified atom stereocenters. The third-order valence-electron chi connectivity index (χ3n) is 3.93. The summed E-state index contributed by atoms with van der Waals surface area (Å²) in [5.41, 5.74) is 5.31. The Hall–Kier alpha value is -1.74. The molecule has 2 heterocycles. The highest BCUT2D eigenvalue weighted by atomic mass is 32.2. The van der Waals surface area contributed by atoms with Crippen LogP contribution in [0.4, 0.5) is 0 Å². The summed E-state index contributed by atoms with van der Waals surface area (Å²) >= 11 is 2.01. The molecule has 3 aromatic rings. The van der Waals surface area contributed by atoms with Gasteiger partial charge in [0.25, 0.3) is 0 Å². The van der Waals surface area contributed by atoms with Crippen LogP contribution in [-0.4, -0.2) is 9.55 Å². The van der Waals surface area contributed by atoms with Gasteiger partial charge in [-0.15, -0.1) is 11.8 Å². The monoisotopic (exact) mass is 280 g/mol. The summed E-state index contributed by atoms with van der Waals surface area (Å²) in [5.74, 6) is 1.06. The third kappa shape index (κ3) is 2.02.